The quantitative estimate of drug-likeness (QED) is 0.594. The van der Waals surface area contributed by atoms with Gasteiger partial charge in [0.15, 0.2) is 17.6 Å². The number of hydrogen-bond acceptors (Lipinski definition) is 9. The number of carbonyl (C=O) groups excluding carboxylic acids is 1. The second-order valence-corrected chi connectivity index (χ2v) is 7.46. The first-order valence-corrected chi connectivity index (χ1v) is 9.21. The molecule has 128 valence electrons. The summed E-state index contributed by atoms with van der Waals surface area (Å²) in [6, 6.07) is 1.83. The molecule has 3 heterocycles. The van der Waals surface area contributed by atoms with Crippen molar-refractivity contribution in [3.63, 3.8) is 0 Å². The summed E-state index contributed by atoms with van der Waals surface area (Å²) in [5.74, 6) is 0.185. The number of anilines is 1. The Kier molecular flexibility index (Phi) is 5.05. The van der Waals surface area contributed by atoms with Crippen LogP contribution < -0.4 is 4.90 Å². The Balaban J connectivity index is 1.65. The van der Waals surface area contributed by atoms with Crippen LogP contribution in [0.3, 0.4) is 0 Å². The Morgan fingerprint density at radius 3 is 2.92 bits per heavy atom. The molecule has 0 aromatic carbocycles. The lowest BCUT2D eigenvalue weighted by Gasteiger charge is -2.05. The number of fused-ring (bicyclic) bond motifs is 1. The SMILES string of the molecule is CCCCn1nnnc1COC(=O)c1cc2sc(N(C)C)nc2s1. The van der Waals surface area contributed by atoms with Gasteiger partial charge in [-0.05, 0) is 22.9 Å². The molecule has 0 aliphatic heterocycles. The van der Waals surface area contributed by atoms with E-state index in [0.29, 0.717) is 10.7 Å². The number of aromatic nitrogens is 5. The molecule has 0 amide bonds. The lowest BCUT2D eigenvalue weighted by molar-refractivity contribution is 0.0462. The summed E-state index contributed by atoms with van der Waals surface area (Å²) in [6.45, 7) is 2.89. The summed E-state index contributed by atoms with van der Waals surface area (Å²) in [4.78, 5) is 20.1. The third kappa shape index (κ3) is 3.54. The first kappa shape index (κ1) is 16.8. The predicted molar refractivity (Wildman–Crippen MR) is 93.7 cm³/mol. The average molecular weight is 366 g/mol. The maximum absolute atomic E-state index is 12.2. The molecule has 0 saturated heterocycles. The molecule has 10 heteroatoms. The number of rotatable bonds is 7. The molecule has 0 atom stereocenters. The molecule has 3 aromatic rings. The molecule has 24 heavy (non-hydrogen) atoms. The minimum atomic E-state index is -0.373. The maximum atomic E-state index is 12.2. The zero-order valence-electron chi connectivity index (χ0n) is 13.7. The number of ether oxygens (including phenoxy) is 1. The Labute approximate surface area is 147 Å². The van der Waals surface area contributed by atoms with Crippen LogP contribution in [0.5, 0.6) is 0 Å². The van der Waals surface area contributed by atoms with Gasteiger partial charge in [-0.3, -0.25) is 0 Å². The van der Waals surface area contributed by atoms with Gasteiger partial charge in [0.2, 0.25) is 0 Å². The minimum Gasteiger partial charge on any atom is -0.453 e. The van der Waals surface area contributed by atoms with Gasteiger partial charge >= 0.3 is 5.97 Å². The van der Waals surface area contributed by atoms with Crippen molar-refractivity contribution < 1.29 is 9.53 Å². The monoisotopic (exact) mass is 366 g/mol. The van der Waals surface area contributed by atoms with E-state index in [1.807, 2.05) is 25.1 Å². The molecule has 3 aromatic heterocycles. The largest absolute Gasteiger partial charge is 0.453 e. The molecule has 0 unspecified atom stereocenters. The van der Waals surface area contributed by atoms with Crippen LogP contribution in [-0.2, 0) is 17.9 Å². The van der Waals surface area contributed by atoms with Crippen molar-refractivity contribution in [3.05, 3.63) is 16.8 Å². The van der Waals surface area contributed by atoms with Gasteiger partial charge in [-0.15, -0.1) is 16.4 Å². The first-order valence-electron chi connectivity index (χ1n) is 7.58. The lowest BCUT2D eigenvalue weighted by Crippen LogP contribution is -2.10. The number of nitrogens with zero attached hydrogens (tertiary/aromatic N) is 6. The first-order chi connectivity index (χ1) is 11.6. The van der Waals surface area contributed by atoms with Gasteiger partial charge in [0, 0.05) is 20.6 Å². The van der Waals surface area contributed by atoms with Crippen molar-refractivity contribution in [1.29, 1.82) is 0 Å². The second-order valence-electron chi connectivity index (χ2n) is 5.42. The van der Waals surface area contributed by atoms with E-state index in [4.69, 9.17) is 4.74 Å². The van der Waals surface area contributed by atoms with E-state index in [2.05, 4.69) is 27.4 Å². The van der Waals surface area contributed by atoms with Crippen LogP contribution in [-0.4, -0.2) is 45.3 Å². The van der Waals surface area contributed by atoms with E-state index in [1.165, 1.54) is 11.3 Å². The Morgan fingerprint density at radius 1 is 1.38 bits per heavy atom. The van der Waals surface area contributed by atoms with E-state index in [9.17, 15) is 4.79 Å². The molecule has 0 aliphatic carbocycles. The molecule has 8 nitrogen and oxygen atoms in total. The van der Waals surface area contributed by atoms with E-state index in [0.717, 1.165) is 34.0 Å². The topological polar surface area (TPSA) is 86.0 Å². The molecular weight excluding hydrogens is 348 g/mol. The van der Waals surface area contributed by atoms with Gasteiger partial charge in [-0.2, -0.15) is 0 Å². The van der Waals surface area contributed by atoms with Gasteiger partial charge in [0.1, 0.15) is 9.71 Å². The molecule has 0 N–H and O–H groups in total. The van der Waals surface area contributed by atoms with E-state index in [-0.39, 0.29) is 12.6 Å². The molecule has 0 aliphatic rings. The van der Waals surface area contributed by atoms with Crippen LogP contribution in [0.1, 0.15) is 35.3 Å². The molecule has 0 bridgehead atoms. The number of esters is 1. The van der Waals surface area contributed by atoms with E-state index in [1.54, 1.807) is 16.0 Å². The molecule has 0 radical (unpaired) electrons. The second kappa shape index (κ2) is 7.22. The highest BCUT2D eigenvalue weighted by Gasteiger charge is 2.17. The molecule has 0 fully saturated rings. The summed E-state index contributed by atoms with van der Waals surface area (Å²) in [7, 11) is 3.89. The van der Waals surface area contributed by atoms with Crippen LogP contribution in [0.2, 0.25) is 0 Å². The highest BCUT2D eigenvalue weighted by Crippen LogP contribution is 2.34. The number of hydrogen-bond donors (Lipinski definition) is 0. The van der Waals surface area contributed by atoms with Crippen molar-refractivity contribution >= 4 is 43.3 Å². The van der Waals surface area contributed by atoms with Crippen LogP contribution in [0.15, 0.2) is 6.07 Å². The van der Waals surface area contributed by atoms with Crippen LogP contribution in [0.25, 0.3) is 9.53 Å². The molecular formula is C14H18N6O2S2. The fourth-order valence-electron chi connectivity index (χ4n) is 2.03. The Hall–Kier alpha value is -2.07. The minimum absolute atomic E-state index is 0.0669. The van der Waals surface area contributed by atoms with E-state index < -0.39 is 0 Å². The fraction of sp³-hybridized carbons (Fsp3) is 0.500. The number of tetrazole rings is 1. The van der Waals surface area contributed by atoms with Gasteiger partial charge in [-0.1, -0.05) is 24.7 Å². The summed E-state index contributed by atoms with van der Waals surface area (Å²) >= 11 is 2.89. The highest BCUT2D eigenvalue weighted by atomic mass is 32.1. The number of unbranched alkanes of at least 4 members (excludes halogenated alkanes) is 1. The molecule has 0 spiro atoms. The summed E-state index contributed by atoms with van der Waals surface area (Å²) in [5.41, 5.74) is 0. The van der Waals surface area contributed by atoms with Gasteiger partial charge in [0.05, 0.1) is 4.70 Å². The maximum Gasteiger partial charge on any atom is 0.348 e. The van der Waals surface area contributed by atoms with Crippen molar-refractivity contribution in [2.45, 2.75) is 32.9 Å². The zero-order chi connectivity index (χ0) is 17.1. The number of aryl methyl sites for hydroxylation is 1. The van der Waals surface area contributed by atoms with Crippen LogP contribution in [0.4, 0.5) is 5.13 Å². The van der Waals surface area contributed by atoms with Crippen molar-refractivity contribution in [2.75, 3.05) is 19.0 Å². The number of thiophene rings is 1. The lowest BCUT2D eigenvalue weighted by atomic mass is 10.3. The zero-order valence-corrected chi connectivity index (χ0v) is 15.4. The standard InChI is InChI=1S/C14H18N6O2S2/c1-4-5-6-20-11(16-17-18-20)8-22-13(21)10-7-9-12(23-10)15-14(24-9)19(2)3/h7H,4-6,8H2,1-3H3. The van der Waals surface area contributed by atoms with Gasteiger partial charge < -0.3 is 9.64 Å². The van der Waals surface area contributed by atoms with Crippen molar-refractivity contribution in [2.24, 2.45) is 0 Å². The third-order valence-electron chi connectivity index (χ3n) is 3.32. The third-order valence-corrected chi connectivity index (χ3v) is 5.63. The Morgan fingerprint density at radius 2 is 2.21 bits per heavy atom. The molecule has 3 rings (SSSR count). The summed E-state index contributed by atoms with van der Waals surface area (Å²) < 4.78 is 8.01. The number of carbonyl (C=O) groups is 1. The van der Waals surface area contributed by atoms with Gasteiger partial charge in [-0.25, -0.2) is 14.5 Å². The van der Waals surface area contributed by atoms with Gasteiger partial charge in [0.25, 0.3) is 0 Å². The number of thiazole rings is 1. The summed E-state index contributed by atoms with van der Waals surface area (Å²) in [6.07, 6.45) is 2.03. The van der Waals surface area contributed by atoms with Crippen molar-refractivity contribution in [1.82, 2.24) is 25.2 Å². The fourth-order valence-corrected chi connectivity index (χ4v) is 4.05. The van der Waals surface area contributed by atoms with Crippen LogP contribution in [0, 0.1) is 0 Å². The Bertz CT molecular complexity index is 806. The van der Waals surface area contributed by atoms with Crippen molar-refractivity contribution in [3.8, 4) is 0 Å². The predicted octanol–water partition coefficient (Wildman–Crippen LogP) is 2.57. The van der Waals surface area contributed by atoms with Crippen LogP contribution >= 0.6 is 22.7 Å². The highest BCUT2D eigenvalue weighted by molar-refractivity contribution is 7.29. The van der Waals surface area contributed by atoms with E-state index >= 15 is 0 Å². The smallest absolute Gasteiger partial charge is 0.348 e. The molecule has 0 saturated carbocycles. The average Bonchev–Trinajstić information content (AvgIpc) is 3.24. The summed E-state index contributed by atoms with van der Waals surface area (Å²) in [5, 5.41) is 12.4. The normalized spacial score (nSPS) is 11.1.